The molecule has 0 radical (unpaired) electrons. The van der Waals surface area contributed by atoms with Gasteiger partial charge in [-0.05, 0) is 35.6 Å². The monoisotopic (exact) mass is 559 g/mol. The lowest BCUT2D eigenvalue weighted by Gasteiger charge is -2.34. The van der Waals surface area contributed by atoms with Crippen LogP contribution in [0, 0.1) is 0 Å². The summed E-state index contributed by atoms with van der Waals surface area (Å²) in [5, 5.41) is 15.1. The summed E-state index contributed by atoms with van der Waals surface area (Å²) < 4.78 is 10.6. The van der Waals surface area contributed by atoms with Gasteiger partial charge in [0.25, 0.3) is 0 Å². The van der Waals surface area contributed by atoms with Crippen LogP contribution in [0.2, 0.25) is 0 Å². The third-order valence-electron chi connectivity index (χ3n) is 7.02. The minimum atomic E-state index is -1.10. The number of alkyl carbamates (subject to hydrolysis) is 1. The van der Waals surface area contributed by atoms with Crippen molar-refractivity contribution in [1.82, 2.24) is 10.2 Å². The fraction of sp³-hybridized carbons (Fsp3) is 0.290. The van der Waals surface area contributed by atoms with E-state index in [0.717, 1.165) is 16.7 Å². The van der Waals surface area contributed by atoms with Gasteiger partial charge < -0.3 is 34.9 Å². The van der Waals surface area contributed by atoms with Gasteiger partial charge in [0.05, 0.1) is 26.3 Å². The molecule has 0 saturated carbocycles. The van der Waals surface area contributed by atoms with Crippen molar-refractivity contribution in [2.24, 2.45) is 0 Å². The van der Waals surface area contributed by atoms with E-state index >= 15 is 0 Å². The normalized spacial score (nSPS) is 17.4. The zero-order chi connectivity index (χ0) is 29.2. The molecule has 3 atom stereocenters. The van der Waals surface area contributed by atoms with E-state index in [1.807, 2.05) is 72.8 Å². The van der Waals surface area contributed by atoms with E-state index in [1.165, 1.54) is 12.0 Å². The van der Waals surface area contributed by atoms with Gasteiger partial charge in [0.1, 0.15) is 12.1 Å². The minimum Gasteiger partial charge on any atom is -0.465 e. The first-order valence-electron chi connectivity index (χ1n) is 13.3. The highest BCUT2D eigenvalue weighted by atomic mass is 16.5. The number of carbonyl (C=O) groups is 4. The number of aldehydes is 1. The molecule has 1 fully saturated rings. The number of nitrogens with one attached hydrogen (secondary N) is 2. The highest BCUT2D eigenvalue weighted by molar-refractivity contribution is 5.98. The lowest BCUT2D eigenvalue weighted by atomic mass is 9.84. The Morgan fingerprint density at radius 1 is 0.976 bits per heavy atom. The zero-order valence-corrected chi connectivity index (χ0v) is 22.6. The number of carboxylic acid groups (broad SMARTS) is 1. The summed E-state index contributed by atoms with van der Waals surface area (Å²) in [5.41, 5.74) is 3.02. The number of carbonyl (C=O) groups excluding carboxylic acids is 3. The summed E-state index contributed by atoms with van der Waals surface area (Å²) in [4.78, 5) is 50.3. The van der Waals surface area contributed by atoms with E-state index in [4.69, 9.17) is 9.47 Å². The van der Waals surface area contributed by atoms with Crippen LogP contribution in [0.4, 0.5) is 15.3 Å². The van der Waals surface area contributed by atoms with E-state index in [1.54, 1.807) is 12.1 Å². The molecule has 0 aliphatic carbocycles. The Balaban J connectivity index is 1.57. The summed E-state index contributed by atoms with van der Waals surface area (Å²) in [7, 11) is 1.24. The second kappa shape index (κ2) is 14.1. The van der Waals surface area contributed by atoms with Crippen molar-refractivity contribution in [3.63, 3.8) is 0 Å². The number of nitrogens with zero attached hydrogens (tertiary/aromatic N) is 1. The fourth-order valence-corrected chi connectivity index (χ4v) is 5.03. The van der Waals surface area contributed by atoms with Crippen molar-refractivity contribution in [2.75, 3.05) is 25.5 Å². The standard InChI is InChI=1S/C31H33N3O7/c1-40-30(37)33-28(27(22-11-4-2-5-12-22)23-13-6-3-7-14-23)29(36)32-26-15-9-8-10-21(26)16-17-24-18-34(31(38)39)19-25(20-35)41-24/h2-15,20,24-25,27-28H,16-19H2,1H3,(H,32,36)(H,33,37)(H,38,39)/t24-,25+,28+/m1/s1. The lowest BCUT2D eigenvalue weighted by Crippen LogP contribution is -2.50. The van der Waals surface area contributed by atoms with Crippen molar-refractivity contribution in [1.29, 1.82) is 0 Å². The van der Waals surface area contributed by atoms with Crippen LogP contribution in [0.1, 0.15) is 29.0 Å². The van der Waals surface area contributed by atoms with Gasteiger partial charge in [-0.25, -0.2) is 9.59 Å². The van der Waals surface area contributed by atoms with E-state index in [0.29, 0.717) is 24.8 Å². The zero-order valence-electron chi connectivity index (χ0n) is 22.6. The first kappa shape index (κ1) is 29.3. The van der Waals surface area contributed by atoms with E-state index in [2.05, 4.69) is 10.6 Å². The number of morpholine rings is 1. The molecule has 3 N–H and O–H groups in total. The number of para-hydroxylation sites is 1. The number of rotatable bonds is 10. The third-order valence-corrected chi connectivity index (χ3v) is 7.02. The van der Waals surface area contributed by atoms with Gasteiger partial charge in [0, 0.05) is 11.6 Å². The molecule has 41 heavy (non-hydrogen) atoms. The summed E-state index contributed by atoms with van der Waals surface area (Å²) in [6.07, 6.45) is -1.64. The Morgan fingerprint density at radius 3 is 2.17 bits per heavy atom. The molecule has 0 bridgehead atoms. The minimum absolute atomic E-state index is 0.000551. The van der Waals surface area contributed by atoms with Crippen molar-refractivity contribution in [3.8, 4) is 0 Å². The maximum atomic E-state index is 13.9. The molecule has 10 heteroatoms. The number of anilines is 1. The van der Waals surface area contributed by atoms with Crippen LogP contribution in [-0.2, 0) is 25.5 Å². The number of aryl methyl sites for hydroxylation is 1. The van der Waals surface area contributed by atoms with Crippen molar-refractivity contribution in [2.45, 2.75) is 37.0 Å². The highest BCUT2D eigenvalue weighted by Gasteiger charge is 2.34. The van der Waals surface area contributed by atoms with Crippen LogP contribution in [0.3, 0.4) is 0 Å². The van der Waals surface area contributed by atoms with Gasteiger partial charge in [0.2, 0.25) is 5.91 Å². The molecule has 3 aromatic rings. The molecule has 0 aromatic heterocycles. The SMILES string of the molecule is COC(=O)N[C@H](C(=O)Nc1ccccc1CC[C@@H]1CN(C(=O)O)C[C@@H](C=O)O1)C(c1ccccc1)c1ccccc1. The van der Waals surface area contributed by atoms with E-state index in [9.17, 15) is 24.3 Å². The number of ether oxygens (including phenoxy) is 2. The Bertz CT molecular complexity index is 1300. The molecular formula is C31H33N3O7. The van der Waals surface area contributed by atoms with Gasteiger partial charge in [0.15, 0.2) is 6.29 Å². The van der Waals surface area contributed by atoms with Crippen LogP contribution < -0.4 is 10.6 Å². The molecule has 1 heterocycles. The van der Waals surface area contributed by atoms with Crippen LogP contribution in [-0.4, -0.2) is 72.8 Å². The highest BCUT2D eigenvalue weighted by Crippen LogP contribution is 2.30. The number of hydrogen-bond donors (Lipinski definition) is 3. The number of hydrogen-bond acceptors (Lipinski definition) is 6. The number of amides is 3. The Kier molecular flexibility index (Phi) is 10.1. The molecular weight excluding hydrogens is 526 g/mol. The van der Waals surface area contributed by atoms with Crippen molar-refractivity contribution >= 4 is 30.1 Å². The average Bonchev–Trinajstić information content (AvgIpc) is 3.01. The number of benzene rings is 3. The first-order chi connectivity index (χ1) is 19.9. The Morgan fingerprint density at radius 2 is 1.59 bits per heavy atom. The summed E-state index contributed by atoms with van der Waals surface area (Å²) >= 11 is 0. The van der Waals surface area contributed by atoms with Crippen molar-refractivity contribution in [3.05, 3.63) is 102 Å². The molecule has 3 amide bonds. The Labute approximate surface area is 238 Å². The predicted octanol–water partition coefficient (Wildman–Crippen LogP) is 4.06. The number of methoxy groups -OCH3 is 1. The van der Waals surface area contributed by atoms with Gasteiger partial charge >= 0.3 is 12.2 Å². The largest absolute Gasteiger partial charge is 0.465 e. The molecule has 3 aromatic carbocycles. The molecule has 4 rings (SSSR count). The molecule has 1 aliphatic heterocycles. The summed E-state index contributed by atoms with van der Waals surface area (Å²) in [5.74, 6) is -0.950. The lowest BCUT2D eigenvalue weighted by molar-refractivity contribution is -0.131. The molecule has 10 nitrogen and oxygen atoms in total. The molecule has 0 unspecified atom stereocenters. The van der Waals surface area contributed by atoms with Gasteiger partial charge in [-0.15, -0.1) is 0 Å². The second-order valence-electron chi connectivity index (χ2n) is 9.72. The van der Waals surface area contributed by atoms with E-state index in [-0.39, 0.29) is 13.1 Å². The maximum Gasteiger partial charge on any atom is 0.407 e. The van der Waals surface area contributed by atoms with Crippen LogP contribution in [0.15, 0.2) is 84.9 Å². The van der Waals surface area contributed by atoms with Gasteiger partial charge in [-0.3, -0.25) is 4.79 Å². The summed E-state index contributed by atoms with van der Waals surface area (Å²) in [6.45, 7) is 0.149. The molecule has 1 aliphatic rings. The first-order valence-corrected chi connectivity index (χ1v) is 13.3. The maximum absolute atomic E-state index is 13.9. The quantitative estimate of drug-likeness (QED) is 0.319. The summed E-state index contributed by atoms with van der Waals surface area (Å²) in [6, 6.07) is 25.1. The average molecular weight is 560 g/mol. The van der Waals surface area contributed by atoms with Gasteiger partial charge in [-0.2, -0.15) is 0 Å². The van der Waals surface area contributed by atoms with Crippen LogP contribution in [0.5, 0.6) is 0 Å². The van der Waals surface area contributed by atoms with Gasteiger partial charge in [-0.1, -0.05) is 78.9 Å². The smallest absolute Gasteiger partial charge is 0.407 e. The topological polar surface area (TPSA) is 134 Å². The molecule has 1 saturated heterocycles. The Hall–Kier alpha value is -4.70. The molecule has 214 valence electrons. The van der Waals surface area contributed by atoms with Crippen LogP contribution >= 0.6 is 0 Å². The fourth-order valence-electron chi connectivity index (χ4n) is 5.03. The molecule has 0 spiro atoms. The van der Waals surface area contributed by atoms with Crippen molar-refractivity contribution < 1.29 is 33.8 Å². The van der Waals surface area contributed by atoms with E-state index < -0.39 is 42.3 Å². The second-order valence-corrected chi connectivity index (χ2v) is 9.72. The van der Waals surface area contributed by atoms with Crippen LogP contribution in [0.25, 0.3) is 0 Å². The third kappa shape index (κ3) is 7.70. The predicted molar refractivity (Wildman–Crippen MR) is 152 cm³/mol.